The Hall–Kier alpha value is -0.510. The number of hydrogen-bond donors (Lipinski definition) is 1. The van der Waals surface area contributed by atoms with Crippen molar-refractivity contribution in [1.29, 1.82) is 0 Å². The average molecular weight is 293 g/mol. The average Bonchev–Trinajstić information content (AvgIpc) is 2.52. The van der Waals surface area contributed by atoms with E-state index in [1.54, 1.807) is 0 Å². The fraction of sp³-hybridized carbons (Fsp3) is 0.647. The number of hydrogen-bond acceptors (Lipinski definition) is 3. The Morgan fingerprint density at radius 2 is 2.05 bits per heavy atom. The summed E-state index contributed by atoms with van der Waals surface area (Å²) in [7, 11) is 0. The van der Waals surface area contributed by atoms with Gasteiger partial charge in [0.05, 0.1) is 12.7 Å². The van der Waals surface area contributed by atoms with Gasteiger partial charge in [-0.15, -0.1) is 0 Å². The highest BCUT2D eigenvalue weighted by Crippen LogP contribution is 2.30. The molecule has 2 rings (SSSR count). The summed E-state index contributed by atoms with van der Waals surface area (Å²) in [5, 5.41) is 3.64. The normalized spacial score (nSPS) is 18.9. The molecule has 0 spiro atoms. The van der Waals surface area contributed by atoms with Gasteiger partial charge in [0, 0.05) is 17.8 Å². The van der Waals surface area contributed by atoms with E-state index in [1.165, 1.54) is 24.0 Å². The molecule has 3 heteroatoms. The van der Waals surface area contributed by atoms with Crippen molar-refractivity contribution >= 4 is 11.8 Å². The minimum atomic E-state index is 0.216. The summed E-state index contributed by atoms with van der Waals surface area (Å²) in [4.78, 5) is 0. The third-order valence-electron chi connectivity index (χ3n) is 4.59. The summed E-state index contributed by atoms with van der Waals surface area (Å²) in [6, 6.07) is 8.68. The van der Waals surface area contributed by atoms with Crippen molar-refractivity contribution in [2.24, 2.45) is 0 Å². The van der Waals surface area contributed by atoms with E-state index in [-0.39, 0.29) is 6.10 Å². The molecule has 2 nitrogen and oxygen atoms in total. The topological polar surface area (TPSA) is 21.3 Å². The van der Waals surface area contributed by atoms with Crippen molar-refractivity contribution < 1.29 is 4.74 Å². The second-order valence-electron chi connectivity index (χ2n) is 5.53. The molecule has 1 aliphatic rings. The summed E-state index contributed by atoms with van der Waals surface area (Å²) in [6.45, 7) is 7.39. The Morgan fingerprint density at radius 1 is 1.30 bits per heavy atom. The molecule has 0 saturated heterocycles. The molecular weight excluding hydrogens is 266 g/mol. The van der Waals surface area contributed by atoms with Gasteiger partial charge >= 0.3 is 0 Å². The summed E-state index contributed by atoms with van der Waals surface area (Å²) in [5.74, 6) is 0. The van der Waals surface area contributed by atoms with Crippen LogP contribution in [0, 0.1) is 0 Å². The minimum Gasteiger partial charge on any atom is -0.372 e. The molecule has 0 radical (unpaired) electrons. The van der Waals surface area contributed by atoms with E-state index in [1.807, 2.05) is 11.8 Å². The van der Waals surface area contributed by atoms with Crippen LogP contribution in [0.25, 0.3) is 0 Å². The predicted octanol–water partition coefficient (Wildman–Crippen LogP) is 3.81. The molecule has 1 aromatic carbocycles. The summed E-state index contributed by atoms with van der Waals surface area (Å²) in [6.07, 6.45) is 5.90. The van der Waals surface area contributed by atoms with E-state index in [0.29, 0.717) is 4.75 Å². The van der Waals surface area contributed by atoms with E-state index in [4.69, 9.17) is 4.74 Å². The first-order chi connectivity index (χ1) is 9.74. The second-order valence-corrected chi connectivity index (χ2v) is 6.81. The predicted molar refractivity (Wildman–Crippen MR) is 88.5 cm³/mol. The van der Waals surface area contributed by atoms with Crippen molar-refractivity contribution in [3.8, 4) is 0 Å². The van der Waals surface area contributed by atoms with Crippen LogP contribution in [0.5, 0.6) is 0 Å². The Balaban J connectivity index is 1.92. The van der Waals surface area contributed by atoms with Crippen molar-refractivity contribution in [2.45, 2.75) is 44.0 Å². The molecule has 112 valence electrons. The van der Waals surface area contributed by atoms with Crippen LogP contribution in [0.4, 0.5) is 0 Å². The SMILES string of the molecule is CCC(CC)(CNCC1OCCc2ccccc21)SC. The van der Waals surface area contributed by atoms with Crippen molar-refractivity contribution in [1.82, 2.24) is 5.32 Å². The zero-order chi connectivity index (χ0) is 14.4. The molecule has 0 fully saturated rings. The molecular formula is C17H27NOS. The maximum absolute atomic E-state index is 5.95. The maximum Gasteiger partial charge on any atom is 0.0952 e. The third-order valence-corrected chi connectivity index (χ3v) is 6.18. The van der Waals surface area contributed by atoms with Crippen LogP contribution in [0.3, 0.4) is 0 Å². The van der Waals surface area contributed by atoms with Crippen LogP contribution in [-0.4, -0.2) is 30.7 Å². The van der Waals surface area contributed by atoms with Crippen LogP contribution < -0.4 is 5.32 Å². The Labute approximate surface area is 127 Å². The molecule has 20 heavy (non-hydrogen) atoms. The van der Waals surface area contributed by atoms with Gasteiger partial charge < -0.3 is 10.1 Å². The van der Waals surface area contributed by atoms with Crippen LogP contribution in [-0.2, 0) is 11.2 Å². The monoisotopic (exact) mass is 293 g/mol. The van der Waals surface area contributed by atoms with Crippen molar-refractivity contribution in [3.63, 3.8) is 0 Å². The lowest BCUT2D eigenvalue weighted by Crippen LogP contribution is -2.39. The summed E-state index contributed by atoms with van der Waals surface area (Å²) in [5.41, 5.74) is 2.82. The zero-order valence-electron chi connectivity index (χ0n) is 12.9. The van der Waals surface area contributed by atoms with E-state index in [0.717, 1.165) is 26.1 Å². The van der Waals surface area contributed by atoms with E-state index >= 15 is 0 Å². The van der Waals surface area contributed by atoms with Gasteiger partial charge in [-0.1, -0.05) is 38.1 Å². The molecule has 1 unspecified atom stereocenters. The number of benzene rings is 1. The maximum atomic E-state index is 5.95. The summed E-state index contributed by atoms with van der Waals surface area (Å²) < 4.78 is 6.32. The first kappa shape index (κ1) is 15.9. The van der Waals surface area contributed by atoms with Crippen molar-refractivity contribution in [2.75, 3.05) is 26.0 Å². The number of fused-ring (bicyclic) bond motifs is 1. The van der Waals surface area contributed by atoms with E-state index in [9.17, 15) is 0 Å². The number of thioether (sulfide) groups is 1. The molecule has 1 aromatic rings. The largest absolute Gasteiger partial charge is 0.372 e. The van der Waals surface area contributed by atoms with Gasteiger partial charge in [0.25, 0.3) is 0 Å². The summed E-state index contributed by atoms with van der Waals surface area (Å²) >= 11 is 1.99. The second kappa shape index (κ2) is 7.48. The van der Waals surface area contributed by atoms with Gasteiger partial charge in [-0.25, -0.2) is 0 Å². The van der Waals surface area contributed by atoms with Crippen LogP contribution in [0.2, 0.25) is 0 Å². The fourth-order valence-corrected chi connectivity index (χ4v) is 3.76. The fourth-order valence-electron chi connectivity index (χ4n) is 2.94. The van der Waals surface area contributed by atoms with E-state index < -0.39 is 0 Å². The highest BCUT2D eigenvalue weighted by atomic mass is 32.2. The minimum absolute atomic E-state index is 0.216. The Morgan fingerprint density at radius 3 is 2.75 bits per heavy atom. The lowest BCUT2D eigenvalue weighted by Gasteiger charge is -2.32. The van der Waals surface area contributed by atoms with Gasteiger partial charge in [0.2, 0.25) is 0 Å². The molecule has 0 aliphatic carbocycles. The molecule has 1 N–H and O–H groups in total. The zero-order valence-corrected chi connectivity index (χ0v) is 13.8. The molecule has 1 atom stereocenters. The van der Waals surface area contributed by atoms with Gasteiger partial charge in [0.1, 0.15) is 0 Å². The molecule has 1 aliphatic heterocycles. The first-order valence-electron chi connectivity index (χ1n) is 7.70. The van der Waals surface area contributed by atoms with E-state index in [2.05, 4.69) is 49.7 Å². The first-order valence-corrected chi connectivity index (χ1v) is 8.92. The Kier molecular flexibility index (Phi) is 5.94. The lowest BCUT2D eigenvalue weighted by molar-refractivity contribution is 0.0422. The molecule has 0 saturated carbocycles. The van der Waals surface area contributed by atoms with Gasteiger partial charge in [-0.3, -0.25) is 0 Å². The van der Waals surface area contributed by atoms with Gasteiger partial charge in [-0.2, -0.15) is 11.8 Å². The smallest absolute Gasteiger partial charge is 0.0952 e. The highest BCUT2D eigenvalue weighted by molar-refractivity contribution is 8.00. The third kappa shape index (κ3) is 3.57. The molecule has 1 heterocycles. The van der Waals surface area contributed by atoms with Crippen LogP contribution >= 0.6 is 11.8 Å². The number of ether oxygens (including phenoxy) is 1. The van der Waals surface area contributed by atoms with Crippen LogP contribution in [0.15, 0.2) is 24.3 Å². The standard InChI is InChI=1S/C17H27NOS/c1-4-17(5-2,20-3)13-18-12-16-15-9-7-6-8-14(15)10-11-19-16/h6-9,16,18H,4-5,10-13H2,1-3H3. The quantitative estimate of drug-likeness (QED) is 0.826. The lowest BCUT2D eigenvalue weighted by atomic mass is 9.97. The van der Waals surface area contributed by atoms with Gasteiger partial charge in [-0.05, 0) is 36.6 Å². The molecule has 0 bridgehead atoms. The van der Waals surface area contributed by atoms with Gasteiger partial charge in [0.15, 0.2) is 0 Å². The highest BCUT2D eigenvalue weighted by Gasteiger charge is 2.26. The Bertz CT molecular complexity index is 409. The number of nitrogens with one attached hydrogen (secondary N) is 1. The molecule has 0 aromatic heterocycles. The number of rotatable bonds is 7. The van der Waals surface area contributed by atoms with Crippen molar-refractivity contribution in [3.05, 3.63) is 35.4 Å². The molecule has 0 amide bonds. The van der Waals surface area contributed by atoms with Crippen LogP contribution in [0.1, 0.15) is 43.9 Å².